The zero-order valence-electron chi connectivity index (χ0n) is 12.3. The van der Waals surface area contributed by atoms with Gasteiger partial charge in [0.1, 0.15) is 5.82 Å². The summed E-state index contributed by atoms with van der Waals surface area (Å²) in [5.41, 5.74) is 1.12. The molecule has 0 aliphatic rings. The molecule has 1 N–H and O–H groups in total. The monoisotopic (exact) mass is 264 g/mol. The Bertz CT molecular complexity index is 406. The predicted molar refractivity (Wildman–Crippen MR) is 78.2 cm³/mol. The summed E-state index contributed by atoms with van der Waals surface area (Å²) in [6.45, 7) is 4.05. The summed E-state index contributed by atoms with van der Waals surface area (Å²) in [5.74, 6) is 0.989. The number of likely N-dealkylation sites (N-methyl/N-ethyl adjacent to an activating group) is 1. The number of aromatic nitrogens is 1. The minimum Gasteiger partial charge on any atom is -0.347 e. The SMILES string of the molecule is CCCN(CC(=O)N(C)C)c1ncccc1CNC. The molecular formula is C14H24N4O. The van der Waals surface area contributed by atoms with Gasteiger partial charge in [0, 0.05) is 38.9 Å². The number of nitrogens with one attached hydrogen (secondary N) is 1. The van der Waals surface area contributed by atoms with Gasteiger partial charge in [-0.3, -0.25) is 4.79 Å². The Morgan fingerprint density at radius 3 is 2.74 bits per heavy atom. The number of anilines is 1. The number of nitrogens with zero attached hydrogens (tertiary/aromatic N) is 3. The molecule has 1 heterocycles. The topological polar surface area (TPSA) is 48.5 Å². The number of amides is 1. The van der Waals surface area contributed by atoms with Crippen LogP contribution >= 0.6 is 0 Å². The second-order valence-electron chi connectivity index (χ2n) is 4.73. The molecule has 0 spiro atoms. The molecule has 0 aliphatic carbocycles. The molecule has 0 bridgehead atoms. The van der Waals surface area contributed by atoms with E-state index in [9.17, 15) is 4.79 Å². The van der Waals surface area contributed by atoms with Crippen LogP contribution in [-0.2, 0) is 11.3 Å². The van der Waals surface area contributed by atoms with E-state index in [2.05, 4.69) is 22.1 Å². The van der Waals surface area contributed by atoms with Crippen LogP contribution in [0.2, 0.25) is 0 Å². The molecule has 0 aliphatic heterocycles. The molecule has 0 radical (unpaired) electrons. The van der Waals surface area contributed by atoms with Crippen molar-refractivity contribution in [3.05, 3.63) is 23.9 Å². The summed E-state index contributed by atoms with van der Waals surface area (Å²) in [6.07, 6.45) is 2.76. The average molecular weight is 264 g/mol. The maximum atomic E-state index is 11.9. The first kappa shape index (κ1) is 15.4. The average Bonchev–Trinajstić information content (AvgIpc) is 2.39. The Balaban J connectivity index is 2.94. The van der Waals surface area contributed by atoms with Crippen LogP contribution in [0, 0.1) is 0 Å². The van der Waals surface area contributed by atoms with Crippen molar-refractivity contribution in [3.8, 4) is 0 Å². The van der Waals surface area contributed by atoms with Gasteiger partial charge >= 0.3 is 0 Å². The number of pyridine rings is 1. The Kier molecular flexibility index (Phi) is 6.29. The molecule has 0 saturated heterocycles. The van der Waals surface area contributed by atoms with Crippen LogP contribution < -0.4 is 10.2 Å². The van der Waals surface area contributed by atoms with Crippen molar-refractivity contribution in [2.45, 2.75) is 19.9 Å². The Hall–Kier alpha value is -1.62. The van der Waals surface area contributed by atoms with Gasteiger partial charge in [-0.1, -0.05) is 13.0 Å². The molecule has 0 saturated carbocycles. The van der Waals surface area contributed by atoms with Gasteiger partial charge in [0.25, 0.3) is 0 Å². The van der Waals surface area contributed by atoms with E-state index >= 15 is 0 Å². The minimum absolute atomic E-state index is 0.0921. The van der Waals surface area contributed by atoms with E-state index in [4.69, 9.17) is 0 Å². The molecule has 0 atom stereocenters. The standard InChI is InChI=1S/C14H24N4O/c1-5-9-18(11-13(19)17(3)4)14-12(10-15-2)7-6-8-16-14/h6-8,15H,5,9-11H2,1-4H3. The third kappa shape index (κ3) is 4.52. The summed E-state index contributed by atoms with van der Waals surface area (Å²) >= 11 is 0. The highest BCUT2D eigenvalue weighted by Crippen LogP contribution is 2.17. The van der Waals surface area contributed by atoms with Crippen molar-refractivity contribution < 1.29 is 4.79 Å². The van der Waals surface area contributed by atoms with Gasteiger partial charge in [-0.05, 0) is 19.5 Å². The molecule has 0 fully saturated rings. The first-order valence-corrected chi connectivity index (χ1v) is 6.63. The van der Waals surface area contributed by atoms with E-state index in [-0.39, 0.29) is 5.91 Å². The second-order valence-corrected chi connectivity index (χ2v) is 4.73. The summed E-state index contributed by atoms with van der Waals surface area (Å²) in [5, 5.41) is 3.14. The zero-order chi connectivity index (χ0) is 14.3. The number of carbonyl (C=O) groups excluding carboxylic acids is 1. The highest BCUT2D eigenvalue weighted by molar-refractivity contribution is 5.80. The third-order valence-corrected chi connectivity index (χ3v) is 2.85. The van der Waals surface area contributed by atoms with Crippen LogP contribution in [0.4, 0.5) is 5.82 Å². The highest BCUT2D eigenvalue weighted by atomic mass is 16.2. The van der Waals surface area contributed by atoms with E-state index < -0.39 is 0 Å². The molecule has 1 amide bonds. The highest BCUT2D eigenvalue weighted by Gasteiger charge is 2.16. The molecule has 1 aromatic heterocycles. The first-order chi connectivity index (χ1) is 9.10. The lowest BCUT2D eigenvalue weighted by Gasteiger charge is -2.26. The maximum absolute atomic E-state index is 11.9. The summed E-state index contributed by atoms with van der Waals surface area (Å²) in [6, 6.07) is 3.97. The Morgan fingerprint density at radius 2 is 2.16 bits per heavy atom. The first-order valence-electron chi connectivity index (χ1n) is 6.63. The van der Waals surface area contributed by atoms with E-state index in [0.29, 0.717) is 6.54 Å². The van der Waals surface area contributed by atoms with Crippen LogP contribution in [0.15, 0.2) is 18.3 Å². The normalized spacial score (nSPS) is 10.3. The van der Waals surface area contributed by atoms with Gasteiger partial charge < -0.3 is 15.1 Å². The fourth-order valence-electron chi connectivity index (χ4n) is 1.88. The maximum Gasteiger partial charge on any atom is 0.241 e. The number of hydrogen-bond donors (Lipinski definition) is 1. The van der Waals surface area contributed by atoms with Gasteiger partial charge in [-0.2, -0.15) is 0 Å². The van der Waals surface area contributed by atoms with Crippen LogP contribution in [0.25, 0.3) is 0 Å². The predicted octanol–water partition coefficient (Wildman–Crippen LogP) is 1.11. The molecule has 106 valence electrons. The third-order valence-electron chi connectivity index (χ3n) is 2.85. The number of hydrogen-bond acceptors (Lipinski definition) is 4. The molecule has 1 rings (SSSR count). The molecule has 5 nitrogen and oxygen atoms in total. The van der Waals surface area contributed by atoms with Crippen molar-refractivity contribution >= 4 is 11.7 Å². The van der Waals surface area contributed by atoms with Crippen LogP contribution in [0.1, 0.15) is 18.9 Å². The lowest BCUT2D eigenvalue weighted by atomic mass is 10.2. The van der Waals surface area contributed by atoms with Gasteiger partial charge in [0.2, 0.25) is 5.91 Å². The van der Waals surface area contributed by atoms with E-state index in [1.54, 1.807) is 25.2 Å². The van der Waals surface area contributed by atoms with Crippen LogP contribution in [-0.4, -0.2) is 50.0 Å². The fraction of sp³-hybridized carbons (Fsp3) is 0.571. The van der Waals surface area contributed by atoms with Crippen LogP contribution in [0.5, 0.6) is 0 Å². The van der Waals surface area contributed by atoms with Gasteiger partial charge in [-0.25, -0.2) is 4.98 Å². The molecule has 19 heavy (non-hydrogen) atoms. The smallest absolute Gasteiger partial charge is 0.241 e. The summed E-state index contributed by atoms with van der Waals surface area (Å²) in [4.78, 5) is 20.0. The largest absolute Gasteiger partial charge is 0.347 e. The lowest BCUT2D eigenvalue weighted by molar-refractivity contribution is -0.127. The summed E-state index contributed by atoms with van der Waals surface area (Å²) < 4.78 is 0. The molecule has 1 aromatic rings. The lowest BCUT2D eigenvalue weighted by Crippen LogP contribution is -2.38. The van der Waals surface area contributed by atoms with Crippen molar-refractivity contribution in [3.63, 3.8) is 0 Å². The zero-order valence-corrected chi connectivity index (χ0v) is 12.3. The van der Waals surface area contributed by atoms with Crippen LogP contribution in [0.3, 0.4) is 0 Å². The second kappa shape index (κ2) is 7.74. The fourth-order valence-corrected chi connectivity index (χ4v) is 1.88. The number of carbonyl (C=O) groups is 1. The van der Waals surface area contributed by atoms with Gasteiger partial charge in [0.15, 0.2) is 0 Å². The van der Waals surface area contributed by atoms with Gasteiger partial charge in [-0.15, -0.1) is 0 Å². The molecule has 0 aromatic carbocycles. The molecular weight excluding hydrogens is 240 g/mol. The van der Waals surface area contributed by atoms with Crippen molar-refractivity contribution in [2.75, 3.05) is 39.1 Å². The van der Waals surface area contributed by atoms with E-state index in [1.807, 2.05) is 19.2 Å². The Morgan fingerprint density at radius 1 is 1.42 bits per heavy atom. The minimum atomic E-state index is 0.0921. The Labute approximate surface area is 115 Å². The van der Waals surface area contributed by atoms with Crippen molar-refractivity contribution in [1.82, 2.24) is 15.2 Å². The van der Waals surface area contributed by atoms with Crippen molar-refractivity contribution in [2.24, 2.45) is 0 Å². The van der Waals surface area contributed by atoms with Crippen molar-refractivity contribution in [1.29, 1.82) is 0 Å². The molecule has 0 unspecified atom stereocenters. The van der Waals surface area contributed by atoms with E-state index in [0.717, 1.165) is 30.9 Å². The number of rotatable bonds is 7. The summed E-state index contributed by atoms with van der Waals surface area (Å²) in [7, 11) is 5.46. The van der Waals surface area contributed by atoms with Gasteiger partial charge in [0.05, 0.1) is 6.54 Å². The van der Waals surface area contributed by atoms with E-state index in [1.165, 1.54) is 0 Å². The quantitative estimate of drug-likeness (QED) is 0.801. The molecule has 5 heteroatoms.